The molecule has 1 rings (SSSR count). The van der Waals surface area contributed by atoms with Gasteiger partial charge in [0.2, 0.25) is 0 Å². The van der Waals surface area contributed by atoms with Crippen molar-refractivity contribution in [1.82, 2.24) is 5.32 Å². The van der Waals surface area contributed by atoms with E-state index in [9.17, 15) is 5.11 Å². The highest BCUT2D eigenvalue weighted by Crippen LogP contribution is 2.19. The average molecular weight is 229 g/mol. The molecule has 96 valence electrons. The molecule has 1 aliphatic carbocycles. The highest BCUT2D eigenvalue weighted by atomic mass is 16.5. The van der Waals surface area contributed by atoms with Crippen LogP contribution in [0.25, 0.3) is 0 Å². The van der Waals surface area contributed by atoms with Gasteiger partial charge in [0.05, 0.1) is 12.7 Å². The third-order valence-electron chi connectivity index (χ3n) is 3.46. The molecule has 16 heavy (non-hydrogen) atoms. The number of rotatable bonds is 6. The fourth-order valence-electron chi connectivity index (χ4n) is 2.26. The minimum Gasteiger partial charge on any atom is -0.392 e. The molecule has 0 bridgehead atoms. The van der Waals surface area contributed by atoms with Crippen LogP contribution in [0.5, 0.6) is 0 Å². The Morgan fingerprint density at radius 1 is 1.31 bits per heavy atom. The Hall–Kier alpha value is -0.120. The summed E-state index contributed by atoms with van der Waals surface area (Å²) in [7, 11) is 0. The molecule has 1 aliphatic rings. The highest BCUT2D eigenvalue weighted by molar-refractivity contribution is 4.84. The first kappa shape index (κ1) is 13.9. The lowest BCUT2D eigenvalue weighted by atomic mass is 9.91. The van der Waals surface area contributed by atoms with Gasteiger partial charge in [0.15, 0.2) is 0 Å². The Morgan fingerprint density at radius 3 is 2.56 bits per heavy atom. The zero-order valence-corrected chi connectivity index (χ0v) is 10.9. The van der Waals surface area contributed by atoms with Crippen molar-refractivity contribution in [2.24, 2.45) is 5.92 Å². The Kier molecular flexibility index (Phi) is 6.32. The molecule has 3 heteroatoms. The number of hydrogen-bond acceptors (Lipinski definition) is 3. The zero-order valence-electron chi connectivity index (χ0n) is 10.9. The zero-order chi connectivity index (χ0) is 12.0. The van der Waals surface area contributed by atoms with Crippen molar-refractivity contribution in [3.8, 4) is 0 Å². The minimum absolute atomic E-state index is 0.170. The average Bonchev–Trinajstić information content (AvgIpc) is 2.26. The van der Waals surface area contributed by atoms with Gasteiger partial charge in [-0.1, -0.05) is 26.7 Å². The summed E-state index contributed by atoms with van der Waals surface area (Å²) in [5.41, 5.74) is 0. The number of ether oxygens (including phenoxy) is 1. The first-order valence-corrected chi connectivity index (χ1v) is 6.67. The van der Waals surface area contributed by atoms with Crippen LogP contribution in [-0.2, 0) is 4.74 Å². The lowest BCUT2D eigenvalue weighted by Gasteiger charge is -2.33. The van der Waals surface area contributed by atoms with Crippen LogP contribution in [0.1, 0.15) is 46.5 Å². The second-order valence-electron chi connectivity index (χ2n) is 5.13. The van der Waals surface area contributed by atoms with E-state index in [1.54, 1.807) is 0 Å². The van der Waals surface area contributed by atoms with E-state index in [1.165, 1.54) is 6.42 Å². The van der Waals surface area contributed by atoms with Gasteiger partial charge in [-0.3, -0.25) is 0 Å². The van der Waals surface area contributed by atoms with Crippen LogP contribution in [0.4, 0.5) is 0 Å². The smallest absolute Gasteiger partial charge is 0.0693 e. The molecule has 0 amide bonds. The molecule has 0 aromatic rings. The van der Waals surface area contributed by atoms with Crippen molar-refractivity contribution in [3.63, 3.8) is 0 Å². The van der Waals surface area contributed by atoms with E-state index in [4.69, 9.17) is 4.74 Å². The highest BCUT2D eigenvalue weighted by Gasteiger charge is 2.26. The monoisotopic (exact) mass is 229 g/mol. The molecule has 0 spiro atoms. The molecule has 2 N–H and O–H groups in total. The van der Waals surface area contributed by atoms with Crippen molar-refractivity contribution < 1.29 is 9.84 Å². The summed E-state index contributed by atoms with van der Waals surface area (Å²) in [6.45, 7) is 7.93. The predicted molar refractivity (Wildman–Crippen MR) is 66.5 cm³/mol. The Bertz CT molecular complexity index is 185. The van der Waals surface area contributed by atoms with E-state index >= 15 is 0 Å². The van der Waals surface area contributed by atoms with Gasteiger partial charge in [0.25, 0.3) is 0 Å². The maximum Gasteiger partial charge on any atom is 0.0693 e. The van der Waals surface area contributed by atoms with Gasteiger partial charge in [-0.2, -0.15) is 0 Å². The molecule has 1 fully saturated rings. The standard InChI is InChI=1S/C13H27NO2/c1-4-16-9-12(10(2)3)14-11-7-5-6-8-13(11)15/h10-15H,4-9H2,1-3H3/t11-,12?,13-/m0/s1. The van der Waals surface area contributed by atoms with E-state index in [0.29, 0.717) is 12.0 Å². The fraction of sp³-hybridized carbons (Fsp3) is 1.00. The van der Waals surface area contributed by atoms with Gasteiger partial charge in [0, 0.05) is 18.7 Å². The van der Waals surface area contributed by atoms with Crippen molar-refractivity contribution in [2.45, 2.75) is 64.6 Å². The summed E-state index contributed by atoms with van der Waals surface area (Å²) < 4.78 is 5.49. The van der Waals surface area contributed by atoms with Gasteiger partial charge in [0.1, 0.15) is 0 Å². The topological polar surface area (TPSA) is 41.5 Å². The molecule has 1 unspecified atom stereocenters. The van der Waals surface area contributed by atoms with Crippen molar-refractivity contribution in [1.29, 1.82) is 0 Å². The molecule has 0 aromatic heterocycles. The summed E-state index contributed by atoms with van der Waals surface area (Å²) in [6.07, 6.45) is 4.26. The van der Waals surface area contributed by atoms with Crippen molar-refractivity contribution >= 4 is 0 Å². The van der Waals surface area contributed by atoms with E-state index in [0.717, 1.165) is 32.5 Å². The Labute approximate surface area is 99.6 Å². The lowest BCUT2D eigenvalue weighted by molar-refractivity contribution is 0.0570. The maximum atomic E-state index is 9.92. The number of hydrogen-bond donors (Lipinski definition) is 2. The van der Waals surface area contributed by atoms with Crippen LogP contribution in [0, 0.1) is 5.92 Å². The van der Waals surface area contributed by atoms with Crippen LogP contribution in [0.3, 0.4) is 0 Å². The van der Waals surface area contributed by atoms with E-state index in [1.807, 2.05) is 6.92 Å². The van der Waals surface area contributed by atoms with Crippen LogP contribution in [0.2, 0.25) is 0 Å². The third-order valence-corrected chi connectivity index (χ3v) is 3.46. The lowest BCUT2D eigenvalue weighted by Crippen LogP contribution is -2.50. The maximum absolute atomic E-state index is 9.92. The summed E-state index contributed by atoms with van der Waals surface area (Å²) in [5.74, 6) is 0.542. The number of aliphatic hydroxyl groups excluding tert-OH is 1. The van der Waals surface area contributed by atoms with Crippen LogP contribution in [0.15, 0.2) is 0 Å². The molecular weight excluding hydrogens is 202 g/mol. The molecule has 0 radical (unpaired) electrons. The normalized spacial score (nSPS) is 28.3. The fourth-order valence-corrected chi connectivity index (χ4v) is 2.26. The number of aliphatic hydroxyl groups is 1. The second kappa shape index (κ2) is 7.25. The van der Waals surface area contributed by atoms with Crippen LogP contribution >= 0.6 is 0 Å². The summed E-state index contributed by atoms with van der Waals surface area (Å²) in [5, 5.41) is 13.5. The largest absolute Gasteiger partial charge is 0.392 e. The summed E-state index contributed by atoms with van der Waals surface area (Å²) in [4.78, 5) is 0. The van der Waals surface area contributed by atoms with Gasteiger partial charge in [-0.05, 0) is 25.7 Å². The summed E-state index contributed by atoms with van der Waals surface area (Å²) in [6, 6.07) is 0.624. The molecular formula is C13H27NO2. The molecule has 0 aliphatic heterocycles. The minimum atomic E-state index is -0.170. The first-order valence-electron chi connectivity index (χ1n) is 6.67. The molecule has 3 nitrogen and oxygen atoms in total. The summed E-state index contributed by atoms with van der Waals surface area (Å²) >= 11 is 0. The Morgan fingerprint density at radius 2 is 2.00 bits per heavy atom. The molecule has 3 atom stereocenters. The van der Waals surface area contributed by atoms with Gasteiger partial charge in [-0.25, -0.2) is 0 Å². The SMILES string of the molecule is CCOCC(N[C@H]1CCCC[C@@H]1O)C(C)C. The van der Waals surface area contributed by atoms with Gasteiger partial charge >= 0.3 is 0 Å². The van der Waals surface area contributed by atoms with E-state index < -0.39 is 0 Å². The van der Waals surface area contributed by atoms with E-state index in [-0.39, 0.29) is 12.1 Å². The third kappa shape index (κ3) is 4.40. The first-order chi connectivity index (χ1) is 7.65. The van der Waals surface area contributed by atoms with Crippen molar-refractivity contribution in [2.75, 3.05) is 13.2 Å². The molecule has 1 saturated carbocycles. The molecule has 0 heterocycles. The van der Waals surface area contributed by atoms with E-state index in [2.05, 4.69) is 19.2 Å². The number of nitrogens with one attached hydrogen (secondary N) is 1. The van der Waals surface area contributed by atoms with Crippen LogP contribution in [-0.4, -0.2) is 36.5 Å². The quantitative estimate of drug-likeness (QED) is 0.731. The second-order valence-corrected chi connectivity index (χ2v) is 5.13. The van der Waals surface area contributed by atoms with Gasteiger partial charge in [-0.15, -0.1) is 0 Å². The van der Waals surface area contributed by atoms with Crippen LogP contribution < -0.4 is 5.32 Å². The Balaban J connectivity index is 2.39. The molecule has 0 aromatic carbocycles. The predicted octanol–water partition coefficient (Wildman–Crippen LogP) is 1.94. The van der Waals surface area contributed by atoms with Gasteiger partial charge < -0.3 is 15.2 Å². The molecule has 0 saturated heterocycles. The van der Waals surface area contributed by atoms with Crippen molar-refractivity contribution in [3.05, 3.63) is 0 Å².